The molecule has 0 saturated heterocycles. The number of hydrogen-bond acceptors (Lipinski definition) is 3. The molecule has 3 nitrogen and oxygen atoms in total. The van der Waals surface area contributed by atoms with Crippen LogP contribution in [0, 0.1) is 5.82 Å². The molecule has 2 aromatic carbocycles. The number of benzene rings is 2. The number of hydroxylamine groups is 1. The van der Waals surface area contributed by atoms with Crippen LogP contribution in [0.2, 0.25) is 0 Å². The van der Waals surface area contributed by atoms with Crippen molar-refractivity contribution in [2.75, 3.05) is 0 Å². The summed E-state index contributed by atoms with van der Waals surface area (Å²) in [6, 6.07) is 13.6. The number of nitrogens with one attached hydrogen (secondary N) is 1. The van der Waals surface area contributed by atoms with Crippen molar-refractivity contribution in [2.24, 2.45) is 0 Å². The van der Waals surface area contributed by atoms with E-state index >= 15 is 0 Å². The summed E-state index contributed by atoms with van der Waals surface area (Å²) < 4.78 is 18.6. The number of hydrogen-bond donors (Lipinski definition) is 2. The Kier molecular flexibility index (Phi) is 3.88. The second kappa shape index (κ2) is 5.97. The Morgan fingerprint density at radius 2 is 1.81 bits per heavy atom. The quantitative estimate of drug-likeness (QED) is 0.813. The number of halogens is 1. The van der Waals surface area contributed by atoms with Crippen molar-refractivity contribution >= 4 is 5.57 Å². The molecule has 1 aliphatic carbocycles. The summed E-state index contributed by atoms with van der Waals surface area (Å²) in [4.78, 5) is 0. The Hall–Kier alpha value is -2.33. The zero-order chi connectivity index (χ0) is 14.7. The van der Waals surface area contributed by atoms with Crippen LogP contribution in [-0.4, -0.2) is 5.21 Å². The standard InChI is InChI=1S/C17H16FNO2/c18-13-7-9-14(10-8-13)21-15-4-1-3-12(11-15)16-5-2-6-17(16)19-20/h1,3-4,7-11,19-20H,2,5-6H2. The van der Waals surface area contributed by atoms with Gasteiger partial charge in [-0.2, -0.15) is 0 Å². The number of allylic oxidation sites excluding steroid dienone is 2. The molecule has 0 fully saturated rings. The zero-order valence-electron chi connectivity index (χ0n) is 11.5. The van der Waals surface area contributed by atoms with Crippen LogP contribution >= 0.6 is 0 Å². The SMILES string of the molecule is ONC1=C(c2cccc(Oc3ccc(F)cc3)c2)CCC1. The molecule has 4 heteroatoms. The lowest BCUT2D eigenvalue weighted by Gasteiger charge is -2.10. The van der Waals surface area contributed by atoms with E-state index < -0.39 is 0 Å². The van der Waals surface area contributed by atoms with E-state index in [0.29, 0.717) is 11.5 Å². The first kappa shape index (κ1) is 13.6. The molecule has 0 spiro atoms. The highest BCUT2D eigenvalue weighted by Gasteiger charge is 2.16. The third kappa shape index (κ3) is 3.06. The van der Waals surface area contributed by atoms with Crippen molar-refractivity contribution in [3.05, 3.63) is 65.6 Å². The van der Waals surface area contributed by atoms with Gasteiger partial charge in [0.1, 0.15) is 17.3 Å². The lowest BCUT2D eigenvalue weighted by Crippen LogP contribution is -2.05. The van der Waals surface area contributed by atoms with Gasteiger partial charge in [0.2, 0.25) is 0 Å². The maximum Gasteiger partial charge on any atom is 0.128 e. The smallest absolute Gasteiger partial charge is 0.128 e. The Morgan fingerprint density at radius 1 is 1.00 bits per heavy atom. The number of rotatable bonds is 4. The molecule has 1 aliphatic rings. The van der Waals surface area contributed by atoms with E-state index in [1.54, 1.807) is 12.1 Å². The van der Waals surface area contributed by atoms with E-state index in [-0.39, 0.29) is 5.82 Å². The van der Waals surface area contributed by atoms with Gasteiger partial charge in [-0.25, -0.2) is 4.39 Å². The molecular weight excluding hydrogens is 269 g/mol. The van der Waals surface area contributed by atoms with Crippen molar-refractivity contribution < 1.29 is 14.3 Å². The van der Waals surface area contributed by atoms with Gasteiger partial charge in [-0.1, -0.05) is 12.1 Å². The minimum absolute atomic E-state index is 0.286. The van der Waals surface area contributed by atoms with E-state index in [2.05, 4.69) is 5.48 Å². The molecule has 0 unspecified atom stereocenters. The molecule has 3 rings (SSSR count). The summed E-state index contributed by atoms with van der Waals surface area (Å²) in [5, 5.41) is 9.15. The van der Waals surface area contributed by atoms with Crippen LogP contribution in [0.25, 0.3) is 5.57 Å². The van der Waals surface area contributed by atoms with Gasteiger partial charge in [-0.05, 0) is 66.8 Å². The average molecular weight is 285 g/mol. The molecule has 21 heavy (non-hydrogen) atoms. The predicted molar refractivity (Wildman–Crippen MR) is 78.6 cm³/mol. The van der Waals surface area contributed by atoms with Gasteiger partial charge in [0, 0.05) is 5.70 Å². The molecule has 0 heterocycles. The molecule has 0 atom stereocenters. The predicted octanol–water partition coefficient (Wildman–Crippen LogP) is 4.49. The fourth-order valence-electron chi connectivity index (χ4n) is 2.57. The maximum absolute atomic E-state index is 12.9. The summed E-state index contributed by atoms with van der Waals surface area (Å²) in [7, 11) is 0. The van der Waals surface area contributed by atoms with Crippen molar-refractivity contribution in [3.63, 3.8) is 0 Å². The second-order valence-corrected chi connectivity index (χ2v) is 5.01. The van der Waals surface area contributed by atoms with Crippen LogP contribution in [0.3, 0.4) is 0 Å². The van der Waals surface area contributed by atoms with E-state index in [4.69, 9.17) is 9.94 Å². The molecule has 0 saturated carbocycles. The second-order valence-electron chi connectivity index (χ2n) is 5.01. The largest absolute Gasteiger partial charge is 0.457 e. The van der Waals surface area contributed by atoms with Crippen LogP contribution in [0.1, 0.15) is 24.8 Å². The van der Waals surface area contributed by atoms with Gasteiger partial charge in [-0.15, -0.1) is 0 Å². The van der Waals surface area contributed by atoms with Crippen LogP contribution in [-0.2, 0) is 0 Å². The molecule has 0 aromatic heterocycles. The minimum Gasteiger partial charge on any atom is -0.457 e. The molecule has 2 N–H and O–H groups in total. The monoisotopic (exact) mass is 285 g/mol. The van der Waals surface area contributed by atoms with Crippen LogP contribution in [0.15, 0.2) is 54.2 Å². The highest BCUT2D eigenvalue weighted by Crippen LogP contribution is 2.34. The fourth-order valence-corrected chi connectivity index (χ4v) is 2.57. The lowest BCUT2D eigenvalue weighted by atomic mass is 10.0. The summed E-state index contributed by atoms with van der Waals surface area (Å²) in [5.41, 5.74) is 5.30. The van der Waals surface area contributed by atoms with Crippen molar-refractivity contribution in [1.82, 2.24) is 5.48 Å². The van der Waals surface area contributed by atoms with Gasteiger partial charge in [0.25, 0.3) is 0 Å². The van der Waals surface area contributed by atoms with Gasteiger partial charge in [-0.3, -0.25) is 10.7 Å². The Morgan fingerprint density at radius 3 is 2.57 bits per heavy atom. The maximum atomic E-state index is 12.9. The highest BCUT2D eigenvalue weighted by molar-refractivity contribution is 5.71. The molecule has 0 amide bonds. The Bertz CT molecular complexity index is 665. The summed E-state index contributed by atoms with van der Waals surface area (Å²) in [6.07, 6.45) is 2.82. The van der Waals surface area contributed by atoms with Crippen molar-refractivity contribution in [3.8, 4) is 11.5 Å². The van der Waals surface area contributed by atoms with Gasteiger partial charge < -0.3 is 4.74 Å². The fraction of sp³-hybridized carbons (Fsp3) is 0.176. The molecule has 108 valence electrons. The third-order valence-corrected chi connectivity index (χ3v) is 3.58. The summed E-state index contributed by atoms with van der Waals surface area (Å²) in [6.45, 7) is 0. The van der Waals surface area contributed by atoms with Gasteiger partial charge in [0.15, 0.2) is 0 Å². The molecule has 2 aromatic rings. The number of ether oxygens (including phenoxy) is 1. The Balaban J connectivity index is 1.85. The highest BCUT2D eigenvalue weighted by atomic mass is 19.1. The van der Waals surface area contributed by atoms with Crippen LogP contribution in [0.5, 0.6) is 11.5 Å². The lowest BCUT2D eigenvalue weighted by molar-refractivity contribution is 0.198. The Labute approximate surface area is 122 Å². The first-order chi connectivity index (χ1) is 10.3. The van der Waals surface area contributed by atoms with Gasteiger partial charge >= 0.3 is 0 Å². The summed E-state index contributed by atoms with van der Waals surface area (Å²) >= 11 is 0. The first-order valence-electron chi connectivity index (χ1n) is 6.92. The normalized spacial score (nSPS) is 14.4. The third-order valence-electron chi connectivity index (χ3n) is 3.58. The van der Waals surface area contributed by atoms with E-state index in [1.807, 2.05) is 24.3 Å². The van der Waals surface area contributed by atoms with E-state index in [9.17, 15) is 4.39 Å². The van der Waals surface area contributed by atoms with Gasteiger partial charge in [0.05, 0.1) is 0 Å². The van der Waals surface area contributed by atoms with Crippen LogP contribution < -0.4 is 10.2 Å². The molecule has 0 bridgehead atoms. The topological polar surface area (TPSA) is 41.5 Å². The molecule has 0 radical (unpaired) electrons. The molecule has 0 aliphatic heterocycles. The minimum atomic E-state index is -0.286. The van der Waals surface area contributed by atoms with Crippen molar-refractivity contribution in [1.29, 1.82) is 0 Å². The zero-order valence-corrected chi connectivity index (χ0v) is 11.5. The van der Waals surface area contributed by atoms with Crippen molar-refractivity contribution in [2.45, 2.75) is 19.3 Å². The first-order valence-corrected chi connectivity index (χ1v) is 6.92. The average Bonchev–Trinajstić information content (AvgIpc) is 2.98. The van der Waals surface area contributed by atoms with E-state index in [1.165, 1.54) is 12.1 Å². The molecular formula is C17H16FNO2. The van der Waals surface area contributed by atoms with Crippen LogP contribution in [0.4, 0.5) is 4.39 Å². The summed E-state index contributed by atoms with van der Waals surface area (Å²) in [5.74, 6) is 0.996. The van der Waals surface area contributed by atoms with E-state index in [0.717, 1.165) is 36.1 Å².